The van der Waals surface area contributed by atoms with E-state index in [4.69, 9.17) is 0 Å². The number of rotatable bonds is 0. The van der Waals surface area contributed by atoms with Crippen molar-refractivity contribution in [3.05, 3.63) is 0 Å². The van der Waals surface area contributed by atoms with Gasteiger partial charge in [0.1, 0.15) is 0 Å². The van der Waals surface area contributed by atoms with E-state index < -0.39 is 0 Å². The summed E-state index contributed by atoms with van der Waals surface area (Å²) in [5.41, 5.74) is 0. The molecule has 0 nitrogen and oxygen atoms in total. The predicted molar refractivity (Wildman–Crippen MR) is 0 cm³/mol. The van der Waals surface area contributed by atoms with Gasteiger partial charge in [-0.2, -0.15) is 0 Å². The summed E-state index contributed by atoms with van der Waals surface area (Å²) in [5.74, 6) is 0. The number of hydrogen-bond donors (Lipinski definition) is 0. The van der Waals surface area contributed by atoms with Crippen LogP contribution in [0, 0.1) is 0 Å². The third kappa shape index (κ3) is 38.3. The van der Waals surface area contributed by atoms with Crippen LogP contribution >= 0.6 is 0 Å². The van der Waals surface area contributed by atoms with Gasteiger partial charge in [-0.3, -0.25) is 0 Å². The van der Waals surface area contributed by atoms with Gasteiger partial charge in [-0.25, -0.2) is 0 Å². The molecule has 0 aliphatic heterocycles. The summed E-state index contributed by atoms with van der Waals surface area (Å²) < 4.78 is 0. The topological polar surface area (TPSA) is 0 Å². The Balaban J connectivity index is 0. The molecule has 0 saturated carbocycles. The van der Waals surface area contributed by atoms with E-state index in [2.05, 4.69) is 0 Å². The van der Waals surface area contributed by atoms with Gasteiger partial charge in [-0.15, -0.1) is 0 Å². The average molecular weight is 260 g/mol. The molecule has 7 heteroatoms. The first-order chi connectivity index (χ1) is 0. The van der Waals surface area contributed by atoms with Gasteiger partial charge in [0.25, 0.3) is 0 Å². The van der Waals surface area contributed by atoms with E-state index >= 15 is 0 Å². The van der Waals surface area contributed by atoms with Crippen LogP contribution in [0.2, 0.25) is 0 Å². The molecule has 0 fully saturated rings. The molecule has 0 radical (unpaired) electrons. The van der Waals surface area contributed by atoms with E-state index in [0.29, 0.717) is 0 Å². The van der Waals surface area contributed by atoms with Crippen molar-refractivity contribution in [3.63, 3.8) is 0 Å². The maximum Gasteiger partial charge on any atom is 2.00 e. The Labute approximate surface area is 144 Å². The molecule has 0 aromatic carbocycles. The Hall–Kier alpha value is 4.32. The second kappa shape index (κ2) is 48.1. The van der Waals surface area contributed by atoms with Gasteiger partial charge in [0, 0.05) is 0 Å². The first-order valence-corrected chi connectivity index (χ1v) is 0. The molecule has 0 aliphatic rings. The van der Waals surface area contributed by atoms with Gasteiger partial charge >= 0.3 is 98.0 Å². The van der Waals surface area contributed by atoms with Crippen LogP contribution in [-0.2, 0) is 17.1 Å². The van der Waals surface area contributed by atoms with Crippen LogP contribution in [-0.4, -0.2) is 0 Å². The maximum atomic E-state index is 0. The normalized spacial score (nSPS) is 0. The molecule has 0 amide bonds. The Kier molecular flexibility index (Phi) is 444. The molecule has 0 unspecified atom stereocenters. The molecule has 0 saturated heterocycles. The van der Waals surface area contributed by atoms with Gasteiger partial charge in [0.2, 0.25) is 0 Å². The fraction of sp³-hybridized carbons (Fsp3) is 0. The minimum Gasteiger partial charge on any atom is -1.00 e. The van der Waals surface area contributed by atoms with Gasteiger partial charge < -0.3 is 49.6 Å². The van der Waals surface area contributed by atoms with Crippen molar-refractivity contribution in [1.29, 1.82) is 0 Å². The maximum absolute atomic E-state index is 0. The van der Waals surface area contributed by atoms with Crippen molar-refractivity contribution < 1.29 is 148 Å². The summed E-state index contributed by atoms with van der Waals surface area (Å²) in [7, 11) is 0. The van der Waals surface area contributed by atoms with Crippen LogP contribution in [0.25, 0.3) is 0 Å². The van der Waals surface area contributed by atoms with Crippen LogP contribution < -0.4 is 131 Å². The fourth-order valence-corrected chi connectivity index (χ4v) is 0. The van der Waals surface area contributed by atoms with Crippen LogP contribution in [0.15, 0.2) is 0 Å². The molecule has 0 atom stereocenters. The Bertz CT molecular complexity index is 11.7. The largest absolute Gasteiger partial charge is 2.00 e. The second-order valence-corrected chi connectivity index (χ2v) is 0. The van der Waals surface area contributed by atoms with Crippen molar-refractivity contribution in [3.8, 4) is 0 Å². The van der Waals surface area contributed by atoms with Gasteiger partial charge in [-0.1, -0.05) is 0 Å². The Morgan fingerprint density at radius 2 is 0.571 bits per heavy atom. The van der Waals surface area contributed by atoms with Crippen LogP contribution in [0.3, 0.4) is 0 Å². The summed E-state index contributed by atoms with van der Waals surface area (Å²) in [5, 5.41) is 0. The molecule has 7 heavy (non-hydrogen) atoms. The molecule has 0 bridgehead atoms. The third-order valence-corrected chi connectivity index (χ3v) is 0. The van der Waals surface area contributed by atoms with Crippen molar-refractivity contribution >= 4 is 0 Å². The number of halogens is 4. The van der Waals surface area contributed by atoms with E-state index in [1.165, 1.54) is 0 Å². The molecular weight excluding hydrogens is 260 g/mol. The van der Waals surface area contributed by atoms with Gasteiger partial charge in [0.15, 0.2) is 0 Å². The third-order valence-electron chi connectivity index (χ3n) is 0. The summed E-state index contributed by atoms with van der Waals surface area (Å²) in [4.78, 5) is 0. The summed E-state index contributed by atoms with van der Waals surface area (Å²) >= 11 is 0. The van der Waals surface area contributed by atoms with E-state index in [1.807, 2.05) is 0 Å². The molecule has 0 N–H and O–H groups in total. The summed E-state index contributed by atoms with van der Waals surface area (Å²) in [6.07, 6.45) is 0. The van der Waals surface area contributed by atoms with E-state index in [-0.39, 0.29) is 148 Å². The first-order valence-electron chi connectivity index (χ1n) is 0. The minimum atomic E-state index is 0. The minimum absolute atomic E-state index is 0. The van der Waals surface area contributed by atoms with Crippen LogP contribution in [0.5, 0.6) is 0 Å². The molecular formula is Cl4FeKNa. The fourth-order valence-electron chi connectivity index (χ4n) is 0. The Morgan fingerprint density at radius 1 is 0.571 bits per heavy atom. The van der Waals surface area contributed by atoms with Gasteiger partial charge in [0.05, 0.1) is 0 Å². The smallest absolute Gasteiger partial charge is 1.00 e. The van der Waals surface area contributed by atoms with E-state index in [9.17, 15) is 0 Å². The zero-order valence-electron chi connectivity index (χ0n) is 3.87. The molecule has 0 rings (SSSR count). The van der Waals surface area contributed by atoms with Crippen LogP contribution in [0.4, 0.5) is 0 Å². The van der Waals surface area contributed by atoms with E-state index in [0.717, 1.165) is 0 Å². The zero-order valence-corrected chi connectivity index (χ0v) is 13.1. The number of hydrogen-bond acceptors (Lipinski definition) is 0. The molecule has 0 aliphatic carbocycles. The zero-order chi connectivity index (χ0) is 0. The van der Waals surface area contributed by atoms with Crippen molar-refractivity contribution in [2.45, 2.75) is 0 Å². The first kappa shape index (κ1) is 64.6. The summed E-state index contributed by atoms with van der Waals surface area (Å²) in [6, 6.07) is 0. The quantitative estimate of drug-likeness (QED) is 0.379. The van der Waals surface area contributed by atoms with Gasteiger partial charge in [-0.05, 0) is 0 Å². The predicted octanol–water partition coefficient (Wildman–Crippen LogP) is -18.0. The Morgan fingerprint density at radius 3 is 0.571 bits per heavy atom. The van der Waals surface area contributed by atoms with E-state index in [1.54, 1.807) is 0 Å². The molecule has 0 spiro atoms. The van der Waals surface area contributed by atoms with Crippen LogP contribution in [0.1, 0.15) is 0 Å². The monoisotopic (exact) mass is 258 g/mol. The second-order valence-electron chi connectivity index (χ2n) is 0. The van der Waals surface area contributed by atoms with Crippen molar-refractivity contribution in [2.24, 2.45) is 0 Å². The summed E-state index contributed by atoms with van der Waals surface area (Å²) in [6.45, 7) is 0. The average Bonchev–Trinajstić information content (AvgIpc) is 0. The van der Waals surface area contributed by atoms with Crippen molar-refractivity contribution in [2.75, 3.05) is 0 Å². The molecule has 38 valence electrons. The molecule has 0 aromatic heterocycles. The van der Waals surface area contributed by atoms with Crippen molar-refractivity contribution in [1.82, 2.24) is 0 Å². The SMILES string of the molecule is [Cl-].[Cl-].[Cl-].[Cl-].[Fe+2].[K+].[Na+]. The molecule has 0 aromatic rings. The molecule has 0 heterocycles. The standard InChI is InChI=1S/4ClH.Fe.K.Na/h4*1H;;;/q;;;;+2;2*+1/p-4.